The molecule has 1 N–H and O–H groups in total. The number of hydrogen-bond acceptors (Lipinski definition) is 4. The molecule has 1 fully saturated rings. The first-order valence-corrected chi connectivity index (χ1v) is 10.8. The molecule has 0 unspecified atom stereocenters. The number of piperidine rings is 1. The Balaban J connectivity index is 1.51. The third kappa shape index (κ3) is 6.00. The zero-order valence-corrected chi connectivity index (χ0v) is 18.6. The molecule has 0 atom stereocenters. The van der Waals surface area contributed by atoms with Gasteiger partial charge in [0.05, 0.1) is 19.8 Å². The molecule has 1 heterocycles. The zero-order valence-electron chi connectivity index (χ0n) is 18.6. The maximum atomic E-state index is 13.0. The normalized spacial score (nSPS) is 14.2. The largest absolute Gasteiger partial charge is 0.497 e. The molecule has 0 radical (unpaired) electrons. The Bertz CT molecular complexity index is 887. The van der Waals surface area contributed by atoms with E-state index in [4.69, 9.17) is 9.47 Å². The highest BCUT2D eigenvalue weighted by molar-refractivity contribution is 5.97. The summed E-state index contributed by atoms with van der Waals surface area (Å²) in [5.74, 6) is 1.87. The molecule has 1 saturated heterocycles. The van der Waals surface area contributed by atoms with Crippen molar-refractivity contribution in [2.45, 2.75) is 32.1 Å². The van der Waals surface area contributed by atoms with Gasteiger partial charge in [0.15, 0.2) is 0 Å². The summed E-state index contributed by atoms with van der Waals surface area (Å²) >= 11 is 0. The SMILES string of the molecule is CNC(=O)CCc1ccc(CC2CCN(C(=O)c3ccc(OC)cc3OC)CC2)cc1. The Morgan fingerprint density at radius 3 is 2.29 bits per heavy atom. The number of aryl methyl sites for hydroxylation is 1. The van der Waals surface area contributed by atoms with E-state index in [9.17, 15) is 9.59 Å². The van der Waals surface area contributed by atoms with Gasteiger partial charge in [-0.3, -0.25) is 9.59 Å². The number of benzene rings is 2. The van der Waals surface area contributed by atoms with Crippen LogP contribution in [0.2, 0.25) is 0 Å². The Kier molecular flexibility index (Phi) is 7.93. The standard InChI is InChI=1S/C25H32N2O4/c1-26-24(28)11-8-18-4-6-19(7-5-18)16-20-12-14-27(15-13-20)25(29)22-10-9-21(30-2)17-23(22)31-3/h4-7,9-10,17,20H,8,11-16H2,1-3H3,(H,26,28). The van der Waals surface area contributed by atoms with Crippen molar-refractivity contribution >= 4 is 11.8 Å². The van der Waals surface area contributed by atoms with E-state index in [1.165, 1.54) is 11.1 Å². The molecule has 0 spiro atoms. The van der Waals surface area contributed by atoms with Gasteiger partial charge in [0.25, 0.3) is 5.91 Å². The Morgan fingerprint density at radius 1 is 1.00 bits per heavy atom. The van der Waals surface area contributed by atoms with Crippen molar-refractivity contribution in [1.82, 2.24) is 10.2 Å². The van der Waals surface area contributed by atoms with E-state index in [0.717, 1.165) is 38.8 Å². The number of hydrogen-bond donors (Lipinski definition) is 1. The van der Waals surface area contributed by atoms with E-state index < -0.39 is 0 Å². The van der Waals surface area contributed by atoms with Gasteiger partial charge in [0.2, 0.25) is 5.91 Å². The number of nitrogens with one attached hydrogen (secondary N) is 1. The van der Waals surface area contributed by atoms with Crippen molar-refractivity contribution < 1.29 is 19.1 Å². The molecule has 0 bridgehead atoms. The Labute approximate surface area is 184 Å². The molecule has 1 aliphatic heterocycles. The average molecular weight is 425 g/mol. The summed E-state index contributed by atoms with van der Waals surface area (Å²) in [4.78, 5) is 26.3. The van der Waals surface area contributed by atoms with Crippen molar-refractivity contribution in [3.05, 3.63) is 59.2 Å². The topological polar surface area (TPSA) is 67.9 Å². The van der Waals surface area contributed by atoms with Crippen LogP contribution in [0.25, 0.3) is 0 Å². The van der Waals surface area contributed by atoms with Crippen LogP contribution in [-0.4, -0.2) is 51.1 Å². The first kappa shape index (κ1) is 22.7. The summed E-state index contributed by atoms with van der Waals surface area (Å²) < 4.78 is 10.6. The molecule has 0 aromatic heterocycles. The highest BCUT2D eigenvalue weighted by atomic mass is 16.5. The van der Waals surface area contributed by atoms with Crippen LogP contribution in [0, 0.1) is 5.92 Å². The monoisotopic (exact) mass is 424 g/mol. The van der Waals surface area contributed by atoms with Crippen LogP contribution < -0.4 is 14.8 Å². The summed E-state index contributed by atoms with van der Waals surface area (Å²) in [5, 5.41) is 2.65. The number of methoxy groups -OCH3 is 2. The van der Waals surface area contributed by atoms with Crippen molar-refractivity contribution in [3.8, 4) is 11.5 Å². The van der Waals surface area contributed by atoms with Gasteiger partial charge in [-0.15, -0.1) is 0 Å². The molecule has 3 rings (SSSR count). The molecule has 1 aliphatic rings. The minimum Gasteiger partial charge on any atom is -0.497 e. The van der Waals surface area contributed by atoms with Gasteiger partial charge in [-0.1, -0.05) is 24.3 Å². The molecule has 0 saturated carbocycles. The third-order valence-corrected chi connectivity index (χ3v) is 6.01. The van der Waals surface area contributed by atoms with Crippen LogP contribution in [0.3, 0.4) is 0 Å². The maximum absolute atomic E-state index is 13.0. The summed E-state index contributed by atoms with van der Waals surface area (Å²) in [7, 11) is 4.83. The van der Waals surface area contributed by atoms with E-state index in [0.29, 0.717) is 29.4 Å². The van der Waals surface area contributed by atoms with Crippen LogP contribution in [0.15, 0.2) is 42.5 Å². The van der Waals surface area contributed by atoms with E-state index in [-0.39, 0.29) is 11.8 Å². The van der Waals surface area contributed by atoms with Gasteiger partial charge in [-0.2, -0.15) is 0 Å². The van der Waals surface area contributed by atoms with E-state index in [1.54, 1.807) is 39.5 Å². The fourth-order valence-electron chi connectivity index (χ4n) is 4.04. The number of carbonyl (C=O) groups is 2. The fourth-order valence-corrected chi connectivity index (χ4v) is 4.04. The first-order valence-electron chi connectivity index (χ1n) is 10.8. The predicted octanol–water partition coefficient (Wildman–Crippen LogP) is 3.48. The van der Waals surface area contributed by atoms with Gasteiger partial charge in [0, 0.05) is 32.6 Å². The smallest absolute Gasteiger partial charge is 0.257 e. The predicted molar refractivity (Wildman–Crippen MR) is 121 cm³/mol. The molecule has 31 heavy (non-hydrogen) atoms. The van der Waals surface area contributed by atoms with Crippen LogP contribution in [0.5, 0.6) is 11.5 Å². The second-order valence-corrected chi connectivity index (χ2v) is 8.00. The molecule has 166 valence electrons. The van der Waals surface area contributed by atoms with Gasteiger partial charge in [-0.25, -0.2) is 0 Å². The van der Waals surface area contributed by atoms with E-state index in [1.807, 2.05) is 4.90 Å². The summed E-state index contributed by atoms with van der Waals surface area (Å²) in [6, 6.07) is 13.9. The lowest BCUT2D eigenvalue weighted by molar-refractivity contribution is -0.120. The lowest BCUT2D eigenvalue weighted by atomic mass is 9.89. The van der Waals surface area contributed by atoms with Crippen LogP contribution in [0.1, 0.15) is 40.7 Å². The summed E-state index contributed by atoms with van der Waals surface area (Å²) in [5.41, 5.74) is 3.07. The number of amides is 2. The zero-order chi connectivity index (χ0) is 22.2. The van der Waals surface area contributed by atoms with Crippen molar-refractivity contribution in [2.75, 3.05) is 34.4 Å². The maximum Gasteiger partial charge on any atom is 0.257 e. The number of ether oxygens (including phenoxy) is 2. The van der Waals surface area contributed by atoms with Crippen molar-refractivity contribution in [3.63, 3.8) is 0 Å². The molecule has 2 aromatic rings. The summed E-state index contributed by atoms with van der Waals surface area (Å²) in [6.45, 7) is 1.51. The molecule has 2 aromatic carbocycles. The highest BCUT2D eigenvalue weighted by Gasteiger charge is 2.25. The van der Waals surface area contributed by atoms with Gasteiger partial charge >= 0.3 is 0 Å². The van der Waals surface area contributed by atoms with Crippen LogP contribution in [0.4, 0.5) is 0 Å². The third-order valence-electron chi connectivity index (χ3n) is 6.01. The van der Waals surface area contributed by atoms with Crippen molar-refractivity contribution in [2.24, 2.45) is 5.92 Å². The Hall–Kier alpha value is -3.02. The van der Waals surface area contributed by atoms with E-state index in [2.05, 4.69) is 29.6 Å². The quantitative estimate of drug-likeness (QED) is 0.705. The molecular formula is C25H32N2O4. The van der Waals surface area contributed by atoms with Gasteiger partial charge in [-0.05, 0) is 54.9 Å². The first-order chi connectivity index (χ1) is 15.0. The Morgan fingerprint density at radius 2 is 1.68 bits per heavy atom. The van der Waals surface area contributed by atoms with E-state index >= 15 is 0 Å². The minimum atomic E-state index is 0.0124. The van der Waals surface area contributed by atoms with Crippen LogP contribution >= 0.6 is 0 Å². The second-order valence-electron chi connectivity index (χ2n) is 8.00. The molecule has 6 nitrogen and oxygen atoms in total. The lowest BCUT2D eigenvalue weighted by Crippen LogP contribution is -2.39. The molecule has 0 aliphatic carbocycles. The number of likely N-dealkylation sites (tertiary alicyclic amines) is 1. The molecule has 2 amide bonds. The highest BCUT2D eigenvalue weighted by Crippen LogP contribution is 2.28. The number of rotatable bonds is 8. The van der Waals surface area contributed by atoms with Gasteiger partial charge in [0.1, 0.15) is 11.5 Å². The molecular weight excluding hydrogens is 392 g/mol. The lowest BCUT2D eigenvalue weighted by Gasteiger charge is -2.32. The number of carbonyl (C=O) groups excluding carboxylic acids is 2. The second kappa shape index (κ2) is 10.8. The number of nitrogens with zero attached hydrogens (tertiary/aromatic N) is 1. The summed E-state index contributed by atoms with van der Waals surface area (Å²) in [6.07, 6.45) is 4.27. The fraction of sp³-hybridized carbons (Fsp3) is 0.440. The van der Waals surface area contributed by atoms with Gasteiger partial charge < -0.3 is 19.7 Å². The minimum absolute atomic E-state index is 0.0124. The van der Waals surface area contributed by atoms with Crippen molar-refractivity contribution in [1.29, 1.82) is 0 Å². The average Bonchev–Trinajstić information content (AvgIpc) is 2.83. The van der Waals surface area contributed by atoms with Crippen LogP contribution in [-0.2, 0) is 17.6 Å². The molecule has 6 heteroatoms.